The summed E-state index contributed by atoms with van der Waals surface area (Å²) in [5, 5.41) is 13.5. The lowest BCUT2D eigenvalue weighted by Crippen LogP contribution is -2.29. The Bertz CT molecular complexity index is 965. The molecule has 7 nitrogen and oxygen atoms in total. The average molecular weight is 432 g/mol. The number of carbonyl (C=O) groups excluding carboxylic acids is 1. The average Bonchev–Trinajstić information content (AvgIpc) is 2.58. The van der Waals surface area contributed by atoms with Gasteiger partial charge in [-0.05, 0) is 54.4 Å². The van der Waals surface area contributed by atoms with Gasteiger partial charge in [0.2, 0.25) is 0 Å². The highest BCUT2D eigenvalue weighted by atomic mass is 79.9. The minimum atomic E-state index is -0.394. The lowest BCUT2D eigenvalue weighted by Gasteiger charge is -2.14. The number of nitrogens with one attached hydrogen (secondary N) is 4. The van der Waals surface area contributed by atoms with E-state index in [1.165, 1.54) is 0 Å². The van der Waals surface area contributed by atoms with Gasteiger partial charge < -0.3 is 21.0 Å². The minimum absolute atomic E-state index is 0.0895. The summed E-state index contributed by atoms with van der Waals surface area (Å²) in [5.74, 6) is 0.0197. The first-order valence-corrected chi connectivity index (χ1v) is 9.09. The monoisotopic (exact) mass is 431 g/mol. The summed E-state index contributed by atoms with van der Waals surface area (Å²) in [7, 11) is 0. The largest absolute Gasteiger partial charge is 0.366 e. The maximum atomic E-state index is 12.7. The van der Waals surface area contributed by atoms with Crippen molar-refractivity contribution < 1.29 is 4.79 Å². The maximum Gasteiger partial charge on any atom is 0.253 e. The second kappa shape index (κ2) is 8.77. The molecule has 0 aliphatic rings. The van der Waals surface area contributed by atoms with Crippen molar-refractivity contribution in [2.75, 3.05) is 11.9 Å². The van der Waals surface area contributed by atoms with Crippen LogP contribution in [0.1, 0.15) is 39.7 Å². The van der Waals surface area contributed by atoms with E-state index in [9.17, 15) is 9.59 Å². The molecule has 0 saturated carbocycles. The summed E-state index contributed by atoms with van der Waals surface area (Å²) in [6.45, 7) is 9.89. The molecule has 8 heteroatoms. The van der Waals surface area contributed by atoms with Gasteiger partial charge >= 0.3 is 0 Å². The summed E-state index contributed by atoms with van der Waals surface area (Å²) in [6, 6.07) is 3.41. The highest BCUT2D eigenvalue weighted by molar-refractivity contribution is 9.10. The molecular formula is C19H22BrN5O2. The molecule has 142 valence electrons. The number of rotatable bonds is 7. The Labute approximate surface area is 165 Å². The second-order valence-electron chi connectivity index (χ2n) is 6.34. The summed E-state index contributed by atoms with van der Waals surface area (Å²) >= 11 is 3.30. The lowest BCUT2D eigenvalue weighted by atomic mass is 10.1. The van der Waals surface area contributed by atoms with Crippen LogP contribution in [0.4, 0.5) is 5.82 Å². The Balaban J connectivity index is 2.29. The Hall–Kier alpha value is -2.74. The Morgan fingerprint density at radius 3 is 2.70 bits per heavy atom. The molecular weight excluding hydrogens is 410 g/mol. The van der Waals surface area contributed by atoms with Crippen molar-refractivity contribution in [1.29, 1.82) is 5.41 Å². The number of hydrogen-bond donors (Lipinski definition) is 4. The molecule has 0 bridgehead atoms. The Morgan fingerprint density at radius 1 is 1.41 bits per heavy atom. The summed E-state index contributed by atoms with van der Waals surface area (Å²) in [4.78, 5) is 31.8. The Kier molecular flexibility index (Phi) is 6.68. The van der Waals surface area contributed by atoms with E-state index in [2.05, 4.69) is 43.1 Å². The van der Waals surface area contributed by atoms with Crippen molar-refractivity contribution in [3.8, 4) is 0 Å². The van der Waals surface area contributed by atoms with Gasteiger partial charge in [0.1, 0.15) is 10.4 Å². The van der Waals surface area contributed by atoms with Gasteiger partial charge in [0, 0.05) is 36.1 Å². The molecule has 0 saturated heterocycles. The zero-order valence-corrected chi connectivity index (χ0v) is 17.1. The maximum absolute atomic E-state index is 12.7. The summed E-state index contributed by atoms with van der Waals surface area (Å²) in [5.41, 5.74) is 3.41. The molecule has 0 unspecified atom stereocenters. The third-order valence-corrected chi connectivity index (χ3v) is 4.30. The highest BCUT2D eigenvalue weighted by Gasteiger charge is 2.17. The highest BCUT2D eigenvalue weighted by Crippen LogP contribution is 2.21. The van der Waals surface area contributed by atoms with Crippen molar-refractivity contribution in [1.82, 2.24) is 15.3 Å². The molecule has 2 heterocycles. The topological polar surface area (TPSA) is 111 Å². The van der Waals surface area contributed by atoms with E-state index in [-0.39, 0.29) is 17.7 Å². The first-order chi connectivity index (χ1) is 12.7. The predicted molar refractivity (Wildman–Crippen MR) is 111 cm³/mol. The third-order valence-electron chi connectivity index (χ3n) is 3.89. The predicted octanol–water partition coefficient (Wildman–Crippen LogP) is 3.06. The smallest absolute Gasteiger partial charge is 0.253 e. The SMILES string of the molecule is C=C(C)CNc1nc(Br)cc(C(=O)NCc2c(C)cc(C)[nH]c2=O)c1C=N. The number of H-pyrrole nitrogens is 1. The van der Waals surface area contributed by atoms with Crippen molar-refractivity contribution in [2.45, 2.75) is 27.3 Å². The fourth-order valence-corrected chi connectivity index (χ4v) is 3.00. The molecule has 1 amide bonds. The number of hydrogen-bond acceptors (Lipinski definition) is 5. The van der Waals surface area contributed by atoms with Crippen molar-refractivity contribution >= 4 is 33.9 Å². The molecule has 4 N–H and O–H groups in total. The van der Waals surface area contributed by atoms with Gasteiger partial charge in [-0.1, -0.05) is 12.2 Å². The molecule has 2 aromatic rings. The number of aromatic nitrogens is 2. The summed E-state index contributed by atoms with van der Waals surface area (Å²) < 4.78 is 0.465. The lowest BCUT2D eigenvalue weighted by molar-refractivity contribution is 0.0950. The normalized spacial score (nSPS) is 10.4. The van der Waals surface area contributed by atoms with Crippen LogP contribution >= 0.6 is 15.9 Å². The molecule has 0 fully saturated rings. The van der Waals surface area contributed by atoms with E-state index in [4.69, 9.17) is 5.41 Å². The van der Waals surface area contributed by atoms with E-state index in [1.807, 2.05) is 19.9 Å². The van der Waals surface area contributed by atoms with Crippen LogP contribution in [-0.4, -0.2) is 28.6 Å². The number of nitrogens with zero attached hydrogens (tertiary/aromatic N) is 1. The standard InChI is InChI=1S/C19H22BrN5O2/c1-10(2)8-22-17-14(7-21)13(6-16(20)25-17)18(26)23-9-15-11(3)5-12(4)24-19(15)27/h5-7,21H,1,8-9H2,2-4H3,(H,22,25)(H,23,26)(H,24,27). The van der Waals surface area contributed by atoms with Crippen LogP contribution in [0.2, 0.25) is 0 Å². The number of aromatic amines is 1. The van der Waals surface area contributed by atoms with Crippen LogP contribution in [0.15, 0.2) is 33.7 Å². The number of aryl methyl sites for hydroxylation is 2. The van der Waals surface area contributed by atoms with E-state index in [0.29, 0.717) is 28.1 Å². The fraction of sp³-hybridized carbons (Fsp3) is 0.263. The first kappa shape index (κ1) is 20.6. The van der Waals surface area contributed by atoms with E-state index < -0.39 is 5.91 Å². The van der Waals surface area contributed by atoms with Crippen LogP contribution in [0.25, 0.3) is 0 Å². The van der Waals surface area contributed by atoms with Gasteiger partial charge in [0.25, 0.3) is 11.5 Å². The number of amides is 1. The van der Waals surface area contributed by atoms with E-state index in [1.54, 1.807) is 13.0 Å². The third kappa shape index (κ3) is 5.13. The second-order valence-corrected chi connectivity index (χ2v) is 7.15. The van der Waals surface area contributed by atoms with Gasteiger partial charge in [-0.2, -0.15) is 0 Å². The van der Waals surface area contributed by atoms with Gasteiger partial charge in [-0.3, -0.25) is 9.59 Å². The van der Waals surface area contributed by atoms with Crippen molar-refractivity contribution in [3.05, 3.63) is 67.2 Å². The molecule has 0 radical (unpaired) electrons. The van der Waals surface area contributed by atoms with E-state index in [0.717, 1.165) is 23.0 Å². The van der Waals surface area contributed by atoms with Gasteiger partial charge in [0.15, 0.2) is 0 Å². The minimum Gasteiger partial charge on any atom is -0.366 e. The van der Waals surface area contributed by atoms with E-state index >= 15 is 0 Å². The van der Waals surface area contributed by atoms with Crippen LogP contribution in [0, 0.1) is 19.3 Å². The molecule has 0 atom stereocenters. The van der Waals surface area contributed by atoms with Crippen molar-refractivity contribution in [2.24, 2.45) is 0 Å². The summed E-state index contributed by atoms with van der Waals surface area (Å²) in [6.07, 6.45) is 1.08. The van der Waals surface area contributed by atoms with Gasteiger partial charge in [-0.15, -0.1) is 0 Å². The number of halogens is 1. The molecule has 0 aromatic carbocycles. The van der Waals surface area contributed by atoms with Crippen LogP contribution in [0.3, 0.4) is 0 Å². The molecule has 0 aliphatic heterocycles. The van der Waals surface area contributed by atoms with Gasteiger partial charge in [-0.25, -0.2) is 4.98 Å². The molecule has 2 rings (SSSR count). The van der Waals surface area contributed by atoms with Crippen molar-refractivity contribution in [3.63, 3.8) is 0 Å². The van der Waals surface area contributed by atoms with Crippen LogP contribution in [0.5, 0.6) is 0 Å². The molecule has 2 aromatic heterocycles. The quantitative estimate of drug-likeness (QED) is 0.306. The zero-order valence-electron chi connectivity index (χ0n) is 15.5. The Morgan fingerprint density at radius 2 is 2.11 bits per heavy atom. The number of pyridine rings is 2. The first-order valence-electron chi connectivity index (χ1n) is 8.29. The molecule has 0 spiro atoms. The molecule has 0 aliphatic carbocycles. The van der Waals surface area contributed by atoms with Crippen LogP contribution < -0.4 is 16.2 Å². The number of carbonyl (C=O) groups is 1. The molecule has 27 heavy (non-hydrogen) atoms. The zero-order chi connectivity index (χ0) is 20.1. The van der Waals surface area contributed by atoms with Gasteiger partial charge in [0.05, 0.1) is 5.56 Å². The fourth-order valence-electron chi connectivity index (χ4n) is 2.59. The number of anilines is 1. The van der Waals surface area contributed by atoms with Crippen LogP contribution in [-0.2, 0) is 6.54 Å².